The molecule has 0 aliphatic rings. The van der Waals surface area contributed by atoms with Crippen LogP contribution in [0.1, 0.15) is 17.7 Å². The first kappa shape index (κ1) is 15.8. The molecular weight excluding hydrogens is 288 g/mol. The minimum Gasteiger partial charge on any atom is -0.469 e. The van der Waals surface area contributed by atoms with E-state index in [9.17, 15) is 8.42 Å². The van der Waals surface area contributed by atoms with E-state index in [4.69, 9.17) is 10.2 Å². The normalized spacial score (nSPS) is 11.7. The highest BCUT2D eigenvalue weighted by molar-refractivity contribution is 7.89. The molecule has 5 nitrogen and oxygen atoms in total. The first-order valence-corrected chi connectivity index (χ1v) is 8.41. The fourth-order valence-electron chi connectivity index (χ4n) is 1.99. The maximum Gasteiger partial charge on any atom is 0.240 e. The van der Waals surface area contributed by atoms with Crippen LogP contribution < -0.4 is 10.5 Å². The van der Waals surface area contributed by atoms with Gasteiger partial charge in [0.2, 0.25) is 10.0 Å². The Hall–Kier alpha value is -1.63. The number of nitrogens with two attached hydrogens (primary N) is 1. The van der Waals surface area contributed by atoms with Crippen LogP contribution in [-0.2, 0) is 22.9 Å². The van der Waals surface area contributed by atoms with E-state index in [2.05, 4.69) is 4.72 Å². The van der Waals surface area contributed by atoms with Gasteiger partial charge in [0.1, 0.15) is 5.76 Å². The van der Waals surface area contributed by atoms with Crippen molar-refractivity contribution in [3.8, 4) is 0 Å². The fraction of sp³-hybridized carbons (Fsp3) is 0.333. The van der Waals surface area contributed by atoms with Gasteiger partial charge in [-0.05, 0) is 49.2 Å². The molecule has 114 valence electrons. The second-order valence-electron chi connectivity index (χ2n) is 4.76. The number of nitrogens with one attached hydrogen (secondary N) is 1. The monoisotopic (exact) mass is 308 g/mol. The SMILES string of the molecule is NCCCc1ccc(S(=O)(=O)NCCc2ccco2)cc1. The summed E-state index contributed by atoms with van der Waals surface area (Å²) in [5.41, 5.74) is 6.55. The summed E-state index contributed by atoms with van der Waals surface area (Å²) >= 11 is 0. The number of hydrogen-bond acceptors (Lipinski definition) is 4. The summed E-state index contributed by atoms with van der Waals surface area (Å²) in [6, 6.07) is 10.5. The van der Waals surface area contributed by atoms with Crippen molar-refractivity contribution in [1.82, 2.24) is 4.72 Å². The van der Waals surface area contributed by atoms with E-state index in [0.717, 1.165) is 24.2 Å². The highest BCUT2D eigenvalue weighted by Crippen LogP contribution is 2.12. The van der Waals surface area contributed by atoms with Gasteiger partial charge in [-0.3, -0.25) is 0 Å². The van der Waals surface area contributed by atoms with Crippen LogP contribution in [0.5, 0.6) is 0 Å². The molecule has 0 bridgehead atoms. The smallest absolute Gasteiger partial charge is 0.240 e. The molecule has 0 radical (unpaired) electrons. The zero-order chi connectivity index (χ0) is 15.1. The molecule has 1 aromatic heterocycles. The third-order valence-electron chi connectivity index (χ3n) is 3.15. The maximum atomic E-state index is 12.1. The van der Waals surface area contributed by atoms with E-state index >= 15 is 0 Å². The Morgan fingerprint density at radius 1 is 1.10 bits per heavy atom. The van der Waals surface area contributed by atoms with Crippen LogP contribution >= 0.6 is 0 Å². The van der Waals surface area contributed by atoms with Gasteiger partial charge in [0.25, 0.3) is 0 Å². The number of rotatable bonds is 8. The Morgan fingerprint density at radius 2 is 1.86 bits per heavy atom. The van der Waals surface area contributed by atoms with Crippen molar-refractivity contribution < 1.29 is 12.8 Å². The fourth-order valence-corrected chi connectivity index (χ4v) is 3.02. The molecule has 21 heavy (non-hydrogen) atoms. The average Bonchev–Trinajstić information content (AvgIpc) is 2.98. The first-order chi connectivity index (χ1) is 10.1. The molecule has 1 aromatic carbocycles. The molecule has 0 aliphatic heterocycles. The average molecular weight is 308 g/mol. The minimum absolute atomic E-state index is 0.276. The van der Waals surface area contributed by atoms with Crippen LogP contribution in [0.25, 0.3) is 0 Å². The van der Waals surface area contributed by atoms with E-state index in [0.29, 0.717) is 19.5 Å². The highest BCUT2D eigenvalue weighted by Gasteiger charge is 2.13. The van der Waals surface area contributed by atoms with Crippen molar-refractivity contribution in [2.45, 2.75) is 24.2 Å². The van der Waals surface area contributed by atoms with Gasteiger partial charge in [0.05, 0.1) is 11.2 Å². The van der Waals surface area contributed by atoms with Crippen LogP contribution in [0.4, 0.5) is 0 Å². The summed E-state index contributed by atoms with van der Waals surface area (Å²) in [5, 5.41) is 0. The molecule has 2 rings (SSSR count). The Balaban J connectivity index is 1.92. The van der Waals surface area contributed by atoms with Crippen molar-refractivity contribution in [3.63, 3.8) is 0 Å². The highest BCUT2D eigenvalue weighted by atomic mass is 32.2. The predicted octanol–water partition coefficient (Wildman–Crippen LogP) is 1.69. The summed E-state index contributed by atoms with van der Waals surface area (Å²) < 4.78 is 32.0. The van der Waals surface area contributed by atoms with Crippen molar-refractivity contribution >= 4 is 10.0 Å². The quantitative estimate of drug-likeness (QED) is 0.777. The predicted molar refractivity (Wildman–Crippen MR) is 81.4 cm³/mol. The minimum atomic E-state index is -3.47. The van der Waals surface area contributed by atoms with Gasteiger partial charge < -0.3 is 10.2 Å². The van der Waals surface area contributed by atoms with Crippen molar-refractivity contribution in [2.24, 2.45) is 5.73 Å². The molecule has 6 heteroatoms. The Kier molecular flexibility index (Phi) is 5.55. The maximum absolute atomic E-state index is 12.1. The number of aryl methyl sites for hydroxylation is 1. The van der Waals surface area contributed by atoms with Crippen LogP contribution in [0.15, 0.2) is 52.0 Å². The summed E-state index contributed by atoms with van der Waals surface area (Å²) in [4.78, 5) is 0.276. The Labute approximate surface area is 125 Å². The molecule has 3 N–H and O–H groups in total. The van der Waals surface area contributed by atoms with Crippen molar-refractivity contribution in [2.75, 3.05) is 13.1 Å². The topological polar surface area (TPSA) is 85.3 Å². The number of benzene rings is 1. The van der Waals surface area contributed by atoms with Crippen LogP contribution in [0, 0.1) is 0 Å². The van der Waals surface area contributed by atoms with Gasteiger partial charge in [-0.2, -0.15) is 0 Å². The van der Waals surface area contributed by atoms with E-state index in [1.165, 1.54) is 0 Å². The molecule has 0 saturated carbocycles. The van der Waals surface area contributed by atoms with E-state index < -0.39 is 10.0 Å². The molecule has 2 aromatic rings. The van der Waals surface area contributed by atoms with E-state index in [-0.39, 0.29) is 4.90 Å². The Morgan fingerprint density at radius 3 is 2.48 bits per heavy atom. The third kappa shape index (κ3) is 4.70. The largest absolute Gasteiger partial charge is 0.469 e. The zero-order valence-corrected chi connectivity index (χ0v) is 12.6. The van der Waals surface area contributed by atoms with Gasteiger partial charge in [-0.25, -0.2) is 13.1 Å². The lowest BCUT2D eigenvalue weighted by molar-refractivity contribution is 0.506. The van der Waals surface area contributed by atoms with Crippen LogP contribution in [-0.4, -0.2) is 21.5 Å². The third-order valence-corrected chi connectivity index (χ3v) is 4.62. The number of furan rings is 1. The summed E-state index contributed by atoms with van der Waals surface area (Å²) in [7, 11) is -3.47. The molecule has 1 heterocycles. The van der Waals surface area contributed by atoms with Crippen molar-refractivity contribution in [1.29, 1.82) is 0 Å². The number of sulfonamides is 1. The molecule has 0 unspecified atom stereocenters. The van der Waals surface area contributed by atoms with E-state index in [1.54, 1.807) is 24.5 Å². The molecule has 0 atom stereocenters. The van der Waals surface area contributed by atoms with E-state index in [1.807, 2.05) is 18.2 Å². The molecule has 0 fully saturated rings. The second kappa shape index (κ2) is 7.40. The lowest BCUT2D eigenvalue weighted by Gasteiger charge is -2.07. The van der Waals surface area contributed by atoms with Crippen LogP contribution in [0.3, 0.4) is 0 Å². The Bertz CT molecular complexity index is 634. The molecule has 0 saturated heterocycles. The van der Waals surface area contributed by atoms with Gasteiger partial charge in [0, 0.05) is 13.0 Å². The first-order valence-electron chi connectivity index (χ1n) is 6.93. The van der Waals surface area contributed by atoms with Gasteiger partial charge in [-0.1, -0.05) is 12.1 Å². The summed E-state index contributed by atoms with van der Waals surface area (Å²) in [5.74, 6) is 0.759. The summed E-state index contributed by atoms with van der Waals surface area (Å²) in [6.45, 7) is 0.944. The van der Waals surface area contributed by atoms with Crippen molar-refractivity contribution in [3.05, 3.63) is 54.0 Å². The van der Waals surface area contributed by atoms with Crippen LogP contribution in [0.2, 0.25) is 0 Å². The zero-order valence-electron chi connectivity index (χ0n) is 11.8. The molecule has 0 spiro atoms. The van der Waals surface area contributed by atoms with Gasteiger partial charge in [0.15, 0.2) is 0 Å². The summed E-state index contributed by atoms with van der Waals surface area (Å²) in [6.07, 6.45) is 3.86. The number of hydrogen-bond donors (Lipinski definition) is 2. The van der Waals surface area contributed by atoms with Gasteiger partial charge >= 0.3 is 0 Å². The van der Waals surface area contributed by atoms with Gasteiger partial charge in [-0.15, -0.1) is 0 Å². The molecule has 0 amide bonds. The lowest BCUT2D eigenvalue weighted by atomic mass is 10.1. The molecular formula is C15H20N2O3S. The lowest BCUT2D eigenvalue weighted by Crippen LogP contribution is -2.25. The second-order valence-corrected chi connectivity index (χ2v) is 6.53. The standard InChI is InChI=1S/C15H20N2O3S/c16-10-1-3-13-5-7-15(8-6-13)21(18,19)17-11-9-14-4-2-12-20-14/h2,4-8,12,17H,1,3,9-11,16H2. The molecule has 0 aliphatic carbocycles.